The van der Waals surface area contributed by atoms with Crippen LogP contribution in [0.4, 0.5) is 0 Å². The van der Waals surface area contributed by atoms with Crippen molar-refractivity contribution >= 4 is 13.3 Å². The summed E-state index contributed by atoms with van der Waals surface area (Å²) >= 11 is 0. The van der Waals surface area contributed by atoms with Gasteiger partial charge in [-0.3, -0.25) is 0 Å². The quantitative estimate of drug-likeness (QED) is 0.525. The number of hydrogen-bond donors (Lipinski definition) is 1. The molecule has 0 saturated carbocycles. The zero-order valence-electron chi connectivity index (χ0n) is 6.39. The van der Waals surface area contributed by atoms with E-state index in [1.807, 2.05) is 26.9 Å². The summed E-state index contributed by atoms with van der Waals surface area (Å²) in [5.41, 5.74) is 3.39. The van der Waals surface area contributed by atoms with Crippen molar-refractivity contribution in [3.05, 3.63) is 29.3 Å². The summed E-state index contributed by atoms with van der Waals surface area (Å²) in [5, 5.41) is 8.84. The van der Waals surface area contributed by atoms with Crippen LogP contribution in [0.25, 0.3) is 0 Å². The zero-order chi connectivity index (χ0) is 7.56. The molecule has 1 aromatic carbocycles. The molecule has 0 atom stereocenters. The van der Waals surface area contributed by atoms with Crippen LogP contribution in [-0.2, 0) is 6.61 Å². The number of hydrogen-bond acceptors (Lipinski definition) is 1. The molecule has 10 heavy (non-hydrogen) atoms. The largest absolute Gasteiger partial charge is 0.392 e. The van der Waals surface area contributed by atoms with Crippen LogP contribution in [0.5, 0.6) is 0 Å². The summed E-state index contributed by atoms with van der Waals surface area (Å²) in [5.74, 6) is 0. The molecule has 0 radical (unpaired) electrons. The first kappa shape index (κ1) is 7.35. The van der Waals surface area contributed by atoms with Crippen LogP contribution in [0.2, 0.25) is 0 Å². The van der Waals surface area contributed by atoms with Crippen LogP contribution in [0.1, 0.15) is 11.1 Å². The maximum absolute atomic E-state index is 8.84. The molecule has 0 amide bonds. The normalized spacial score (nSPS) is 9.80. The van der Waals surface area contributed by atoms with Gasteiger partial charge in [0.05, 0.1) is 6.61 Å². The fourth-order valence-corrected chi connectivity index (χ4v) is 0.971. The van der Waals surface area contributed by atoms with Crippen LogP contribution in [0.3, 0.4) is 0 Å². The van der Waals surface area contributed by atoms with E-state index in [0.717, 1.165) is 11.1 Å². The Morgan fingerprint density at radius 3 is 2.70 bits per heavy atom. The maximum Gasteiger partial charge on any atom is 0.139 e. The van der Waals surface area contributed by atoms with Gasteiger partial charge in [-0.25, -0.2) is 0 Å². The Balaban J connectivity index is 3.09. The van der Waals surface area contributed by atoms with E-state index in [-0.39, 0.29) is 6.61 Å². The number of aryl methyl sites for hydroxylation is 1. The second kappa shape index (κ2) is 2.89. The van der Waals surface area contributed by atoms with Gasteiger partial charge in [-0.2, -0.15) is 0 Å². The molecule has 1 nitrogen and oxygen atoms in total. The van der Waals surface area contributed by atoms with Gasteiger partial charge in [0.2, 0.25) is 0 Å². The molecule has 1 N–H and O–H groups in total. The van der Waals surface area contributed by atoms with Crippen molar-refractivity contribution in [2.24, 2.45) is 0 Å². The van der Waals surface area contributed by atoms with Crippen LogP contribution in [0.15, 0.2) is 18.2 Å². The molecule has 0 aliphatic heterocycles. The Morgan fingerprint density at radius 2 is 2.20 bits per heavy atom. The van der Waals surface area contributed by atoms with E-state index in [0.29, 0.717) is 0 Å². The summed E-state index contributed by atoms with van der Waals surface area (Å²) in [6.45, 7) is 2.15. The minimum Gasteiger partial charge on any atom is -0.392 e. The first-order valence-electron chi connectivity index (χ1n) is 3.41. The lowest BCUT2D eigenvalue weighted by atomic mass is 9.93. The van der Waals surface area contributed by atoms with Crippen molar-refractivity contribution in [3.63, 3.8) is 0 Å². The first-order valence-corrected chi connectivity index (χ1v) is 3.41. The minimum atomic E-state index is 0.146. The third-order valence-corrected chi connectivity index (χ3v) is 1.67. The fraction of sp³-hybridized carbons (Fsp3) is 0.250. The standard InChI is InChI=1S/C8H11BO/c1-6-2-3-8(9)4-7(6)5-10/h2-4,10H,5,9H2,1H3. The molecule has 1 aromatic rings. The van der Waals surface area contributed by atoms with Crippen molar-refractivity contribution in [3.8, 4) is 0 Å². The third kappa shape index (κ3) is 1.39. The molecule has 0 unspecified atom stereocenters. The summed E-state index contributed by atoms with van der Waals surface area (Å²) in [7, 11) is 2.03. The second-order valence-electron chi connectivity index (χ2n) is 2.59. The highest BCUT2D eigenvalue weighted by molar-refractivity contribution is 6.32. The summed E-state index contributed by atoms with van der Waals surface area (Å²) in [4.78, 5) is 0. The van der Waals surface area contributed by atoms with Gasteiger partial charge in [-0.05, 0) is 18.1 Å². The number of rotatable bonds is 1. The zero-order valence-corrected chi connectivity index (χ0v) is 6.39. The van der Waals surface area contributed by atoms with Crippen LogP contribution in [0, 0.1) is 6.92 Å². The maximum atomic E-state index is 8.84. The lowest BCUT2D eigenvalue weighted by molar-refractivity contribution is 0.281. The van der Waals surface area contributed by atoms with Gasteiger partial charge in [-0.15, -0.1) is 0 Å². The van der Waals surface area contributed by atoms with Gasteiger partial charge in [-0.1, -0.05) is 23.7 Å². The fourth-order valence-electron chi connectivity index (χ4n) is 0.971. The summed E-state index contributed by atoms with van der Waals surface area (Å²) < 4.78 is 0. The number of aliphatic hydroxyl groups excluding tert-OH is 1. The molecule has 0 aliphatic carbocycles. The molecular weight excluding hydrogens is 123 g/mol. The number of aliphatic hydroxyl groups is 1. The highest BCUT2D eigenvalue weighted by Crippen LogP contribution is 2.03. The van der Waals surface area contributed by atoms with E-state index in [2.05, 4.69) is 6.07 Å². The van der Waals surface area contributed by atoms with Crippen molar-refractivity contribution in [2.75, 3.05) is 0 Å². The van der Waals surface area contributed by atoms with Crippen molar-refractivity contribution in [1.82, 2.24) is 0 Å². The van der Waals surface area contributed by atoms with Gasteiger partial charge in [0.15, 0.2) is 0 Å². The Hall–Kier alpha value is -0.755. The van der Waals surface area contributed by atoms with Crippen molar-refractivity contribution < 1.29 is 5.11 Å². The van der Waals surface area contributed by atoms with Gasteiger partial charge in [0.1, 0.15) is 7.85 Å². The Bertz CT molecular complexity index is 233. The van der Waals surface area contributed by atoms with Gasteiger partial charge < -0.3 is 5.11 Å². The van der Waals surface area contributed by atoms with Crippen LogP contribution < -0.4 is 5.46 Å². The van der Waals surface area contributed by atoms with Crippen LogP contribution >= 0.6 is 0 Å². The molecule has 0 saturated heterocycles. The average molecular weight is 134 g/mol. The lowest BCUT2D eigenvalue weighted by Crippen LogP contribution is -2.04. The molecule has 0 fully saturated rings. The Labute approximate surface area is 62.1 Å². The van der Waals surface area contributed by atoms with E-state index in [4.69, 9.17) is 5.11 Å². The average Bonchev–Trinajstić information content (AvgIpc) is 1.94. The topological polar surface area (TPSA) is 20.2 Å². The van der Waals surface area contributed by atoms with Crippen molar-refractivity contribution in [1.29, 1.82) is 0 Å². The predicted molar refractivity (Wildman–Crippen MR) is 45.3 cm³/mol. The smallest absolute Gasteiger partial charge is 0.139 e. The van der Waals surface area contributed by atoms with E-state index < -0.39 is 0 Å². The predicted octanol–water partition coefficient (Wildman–Crippen LogP) is -0.254. The monoisotopic (exact) mass is 134 g/mol. The van der Waals surface area contributed by atoms with Gasteiger partial charge in [0, 0.05) is 0 Å². The molecular formula is C8H11BO. The summed E-state index contributed by atoms with van der Waals surface area (Å²) in [6.07, 6.45) is 0. The molecule has 1 rings (SSSR count). The molecule has 0 heterocycles. The molecule has 0 aromatic heterocycles. The molecule has 0 spiro atoms. The Morgan fingerprint density at radius 1 is 1.50 bits per heavy atom. The molecule has 2 heteroatoms. The highest BCUT2D eigenvalue weighted by atomic mass is 16.3. The molecule has 0 bridgehead atoms. The minimum absolute atomic E-state index is 0.146. The molecule has 0 aliphatic rings. The second-order valence-corrected chi connectivity index (χ2v) is 2.59. The third-order valence-electron chi connectivity index (χ3n) is 1.67. The summed E-state index contributed by atoms with van der Waals surface area (Å²) in [6, 6.07) is 6.09. The Kier molecular flexibility index (Phi) is 2.12. The SMILES string of the molecule is Bc1ccc(C)c(CO)c1. The molecule has 52 valence electrons. The van der Waals surface area contributed by atoms with E-state index in [1.165, 1.54) is 5.46 Å². The number of benzene rings is 1. The highest BCUT2D eigenvalue weighted by Gasteiger charge is 1.94. The van der Waals surface area contributed by atoms with Crippen molar-refractivity contribution in [2.45, 2.75) is 13.5 Å². The van der Waals surface area contributed by atoms with Gasteiger partial charge >= 0.3 is 0 Å². The van der Waals surface area contributed by atoms with E-state index in [1.54, 1.807) is 0 Å². The first-order chi connectivity index (χ1) is 4.74. The van der Waals surface area contributed by atoms with E-state index >= 15 is 0 Å². The lowest BCUT2D eigenvalue weighted by Gasteiger charge is -2.01. The van der Waals surface area contributed by atoms with Gasteiger partial charge in [0.25, 0.3) is 0 Å². The van der Waals surface area contributed by atoms with E-state index in [9.17, 15) is 0 Å². The van der Waals surface area contributed by atoms with Crippen LogP contribution in [-0.4, -0.2) is 13.0 Å².